The predicted molar refractivity (Wildman–Crippen MR) is 65.1 cm³/mol. The van der Waals surface area contributed by atoms with Gasteiger partial charge >= 0.3 is 0 Å². The first-order chi connectivity index (χ1) is 7.22. The molecule has 0 radical (unpaired) electrons. The number of benzene rings is 1. The highest BCUT2D eigenvalue weighted by Gasteiger charge is 2.04. The summed E-state index contributed by atoms with van der Waals surface area (Å²) in [6.07, 6.45) is 2.17. The third-order valence-electron chi connectivity index (χ3n) is 2.72. The van der Waals surface area contributed by atoms with Crippen molar-refractivity contribution in [2.45, 2.75) is 26.4 Å². The predicted octanol–water partition coefficient (Wildman–Crippen LogP) is 2.94. The van der Waals surface area contributed by atoms with Crippen LogP contribution in [0.1, 0.15) is 25.5 Å². The molecule has 0 saturated heterocycles. The van der Waals surface area contributed by atoms with Crippen molar-refractivity contribution in [1.29, 1.82) is 0 Å². The van der Waals surface area contributed by atoms with Crippen molar-refractivity contribution < 1.29 is 0 Å². The maximum Gasteiger partial charge on any atom is 0.0485 e. The molecule has 80 valence electrons. The molecule has 1 N–H and O–H groups in total. The lowest BCUT2D eigenvalue weighted by Gasteiger charge is -2.10. The first-order valence-corrected chi connectivity index (χ1v) is 5.46. The van der Waals surface area contributed by atoms with Crippen LogP contribution in [0.4, 0.5) is 0 Å². The van der Waals surface area contributed by atoms with Crippen LogP contribution in [0.25, 0.3) is 10.9 Å². The molecule has 0 amide bonds. The number of aromatic nitrogens is 1. The van der Waals surface area contributed by atoms with Gasteiger partial charge in [0.05, 0.1) is 0 Å². The van der Waals surface area contributed by atoms with Gasteiger partial charge in [0.15, 0.2) is 0 Å². The second-order valence-electron chi connectivity index (χ2n) is 4.24. The fourth-order valence-electron chi connectivity index (χ4n) is 1.96. The third kappa shape index (κ3) is 1.90. The highest BCUT2D eigenvalue weighted by Crippen LogP contribution is 2.21. The Labute approximate surface area is 90.9 Å². The van der Waals surface area contributed by atoms with E-state index in [0.717, 1.165) is 6.54 Å². The standard InChI is InChI=1S/C13H18N2/c1-10(2)15-7-6-12-5-4-11(9-14-3)8-13(12)15/h4-8,10,14H,9H2,1-3H3. The van der Waals surface area contributed by atoms with E-state index in [0.29, 0.717) is 6.04 Å². The van der Waals surface area contributed by atoms with Gasteiger partial charge in [-0.15, -0.1) is 0 Å². The van der Waals surface area contributed by atoms with Crippen molar-refractivity contribution in [3.05, 3.63) is 36.0 Å². The van der Waals surface area contributed by atoms with Crippen molar-refractivity contribution in [3.8, 4) is 0 Å². The van der Waals surface area contributed by atoms with Crippen LogP contribution in [0.2, 0.25) is 0 Å². The molecule has 0 saturated carbocycles. The zero-order valence-corrected chi connectivity index (χ0v) is 9.62. The molecule has 0 spiro atoms. The summed E-state index contributed by atoms with van der Waals surface area (Å²) < 4.78 is 2.31. The first kappa shape index (κ1) is 10.2. The van der Waals surface area contributed by atoms with E-state index in [1.54, 1.807) is 0 Å². The summed E-state index contributed by atoms with van der Waals surface area (Å²) in [5.41, 5.74) is 2.67. The zero-order chi connectivity index (χ0) is 10.8. The van der Waals surface area contributed by atoms with E-state index in [-0.39, 0.29) is 0 Å². The molecule has 2 rings (SSSR count). The van der Waals surface area contributed by atoms with E-state index < -0.39 is 0 Å². The number of hydrogen-bond donors (Lipinski definition) is 1. The van der Waals surface area contributed by atoms with Crippen molar-refractivity contribution in [2.24, 2.45) is 0 Å². The van der Waals surface area contributed by atoms with E-state index in [4.69, 9.17) is 0 Å². The van der Waals surface area contributed by atoms with Gasteiger partial charge < -0.3 is 9.88 Å². The summed E-state index contributed by atoms with van der Waals surface area (Å²) in [6, 6.07) is 9.35. The largest absolute Gasteiger partial charge is 0.345 e. The summed E-state index contributed by atoms with van der Waals surface area (Å²) in [4.78, 5) is 0. The van der Waals surface area contributed by atoms with Crippen molar-refractivity contribution >= 4 is 10.9 Å². The molecule has 0 unspecified atom stereocenters. The Morgan fingerprint density at radius 3 is 2.73 bits per heavy atom. The topological polar surface area (TPSA) is 17.0 Å². The van der Waals surface area contributed by atoms with Crippen molar-refractivity contribution in [1.82, 2.24) is 9.88 Å². The Bertz CT molecular complexity index is 455. The molecule has 0 aliphatic carbocycles. The normalized spacial score (nSPS) is 11.5. The van der Waals surface area contributed by atoms with Crippen LogP contribution in [0.3, 0.4) is 0 Å². The van der Waals surface area contributed by atoms with E-state index in [9.17, 15) is 0 Å². The van der Waals surface area contributed by atoms with Crippen LogP contribution >= 0.6 is 0 Å². The fourth-order valence-corrected chi connectivity index (χ4v) is 1.96. The molecule has 2 aromatic rings. The van der Waals surface area contributed by atoms with Gasteiger partial charge in [-0.1, -0.05) is 12.1 Å². The van der Waals surface area contributed by atoms with Crippen molar-refractivity contribution in [3.63, 3.8) is 0 Å². The SMILES string of the molecule is CNCc1ccc2ccn(C(C)C)c2c1. The fraction of sp³-hybridized carbons (Fsp3) is 0.385. The van der Waals surface area contributed by atoms with Crippen LogP contribution in [0.5, 0.6) is 0 Å². The lowest BCUT2D eigenvalue weighted by Crippen LogP contribution is -2.05. The van der Waals surface area contributed by atoms with Gasteiger partial charge in [0.2, 0.25) is 0 Å². The van der Waals surface area contributed by atoms with Gasteiger partial charge in [-0.2, -0.15) is 0 Å². The molecule has 0 aliphatic rings. The van der Waals surface area contributed by atoms with Gasteiger partial charge in [0, 0.05) is 24.3 Å². The molecule has 0 atom stereocenters. The minimum absolute atomic E-state index is 0.521. The maximum atomic E-state index is 3.18. The number of nitrogens with one attached hydrogen (secondary N) is 1. The Hall–Kier alpha value is -1.28. The van der Waals surface area contributed by atoms with E-state index >= 15 is 0 Å². The average Bonchev–Trinajstić information content (AvgIpc) is 2.61. The molecule has 0 bridgehead atoms. The molecular formula is C13H18N2. The molecule has 1 aromatic carbocycles. The lowest BCUT2D eigenvalue weighted by molar-refractivity contribution is 0.622. The summed E-state index contributed by atoms with van der Waals surface area (Å²) in [5.74, 6) is 0. The van der Waals surface area contributed by atoms with E-state index in [1.165, 1.54) is 16.5 Å². The number of fused-ring (bicyclic) bond motifs is 1. The van der Waals surface area contributed by atoms with Crippen LogP contribution in [-0.2, 0) is 6.54 Å². The monoisotopic (exact) mass is 202 g/mol. The first-order valence-electron chi connectivity index (χ1n) is 5.46. The van der Waals surface area contributed by atoms with Gasteiger partial charge in [0.1, 0.15) is 0 Å². The molecule has 2 nitrogen and oxygen atoms in total. The van der Waals surface area contributed by atoms with Gasteiger partial charge in [0.25, 0.3) is 0 Å². The number of hydrogen-bond acceptors (Lipinski definition) is 1. The lowest BCUT2D eigenvalue weighted by atomic mass is 10.1. The Kier molecular flexibility index (Phi) is 2.78. The Morgan fingerprint density at radius 2 is 2.07 bits per heavy atom. The minimum atomic E-state index is 0.521. The summed E-state index contributed by atoms with van der Waals surface area (Å²) in [7, 11) is 1.98. The van der Waals surface area contributed by atoms with Gasteiger partial charge in [-0.25, -0.2) is 0 Å². The summed E-state index contributed by atoms with van der Waals surface area (Å²) in [6.45, 7) is 5.35. The molecule has 0 aliphatic heterocycles. The minimum Gasteiger partial charge on any atom is -0.345 e. The second-order valence-corrected chi connectivity index (χ2v) is 4.24. The van der Waals surface area contributed by atoms with Crippen LogP contribution in [0, 0.1) is 0 Å². The molecule has 1 heterocycles. The summed E-state index contributed by atoms with van der Waals surface area (Å²) >= 11 is 0. The molecule has 1 aromatic heterocycles. The molecule has 0 fully saturated rings. The van der Waals surface area contributed by atoms with Crippen LogP contribution in [-0.4, -0.2) is 11.6 Å². The highest BCUT2D eigenvalue weighted by molar-refractivity contribution is 5.81. The van der Waals surface area contributed by atoms with Crippen LogP contribution in [0.15, 0.2) is 30.5 Å². The number of rotatable bonds is 3. The third-order valence-corrected chi connectivity index (χ3v) is 2.72. The quantitative estimate of drug-likeness (QED) is 0.809. The highest BCUT2D eigenvalue weighted by atomic mass is 15.0. The second kappa shape index (κ2) is 4.07. The van der Waals surface area contributed by atoms with E-state index in [2.05, 4.69) is 54.2 Å². The smallest absolute Gasteiger partial charge is 0.0485 e. The molecular weight excluding hydrogens is 184 g/mol. The van der Waals surface area contributed by atoms with Crippen LogP contribution < -0.4 is 5.32 Å². The van der Waals surface area contributed by atoms with E-state index in [1.807, 2.05) is 7.05 Å². The Morgan fingerprint density at radius 1 is 1.27 bits per heavy atom. The van der Waals surface area contributed by atoms with Crippen molar-refractivity contribution in [2.75, 3.05) is 7.05 Å². The number of nitrogens with zero attached hydrogens (tertiary/aromatic N) is 1. The molecule has 15 heavy (non-hydrogen) atoms. The average molecular weight is 202 g/mol. The summed E-state index contributed by atoms with van der Waals surface area (Å²) in [5, 5.41) is 4.50. The zero-order valence-electron chi connectivity index (χ0n) is 9.62. The molecule has 2 heteroatoms. The van der Waals surface area contributed by atoms with Gasteiger partial charge in [-0.3, -0.25) is 0 Å². The van der Waals surface area contributed by atoms with Gasteiger partial charge in [-0.05, 0) is 44.0 Å². The maximum absolute atomic E-state index is 3.18. The Balaban J connectivity index is 2.51.